The van der Waals surface area contributed by atoms with Gasteiger partial charge in [0.05, 0.1) is 0 Å². The Hall–Kier alpha value is 0.0343. The Balaban J connectivity index is 0.000000963. The number of hydrogen-bond donors (Lipinski definition) is 0. The number of hydrogen-bond acceptors (Lipinski definition) is 0. The van der Waals surface area contributed by atoms with Crippen LogP contribution in [0.4, 0.5) is 0 Å². The fraction of sp³-hybridized carbons (Fsp3) is 0.143. The molecule has 1 aliphatic rings. The number of fused-ring (bicyclic) bond motifs is 1. The van der Waals surface area contributed by atoms with Crippen LogP contribution in [0.1, 0.15) is 29.5 Å². The van der Waals surface area contributed by atoms with E-state index in [-0.39, 0.29) is 46.5 Å². The zero-order chi connectivity index (χ0) is 10.3. The SMILES string of the molecule is CC1C(c2[c-][pH]cc2)=Cc2ccccc21.[Cl-].[Cl-].[Ti+3]. The fourth-order valence-corrected chi connectivity index (χ4v) is 2.98. The van der Waals surface area contributed by atoms with Gasteiger partial charge in [-0.15, -0.1) is 11.4 Å². The summed E-state index contributed by atoms with van der Waals surface area (Å²) in [5, 5.41) is 0. The maximum Gasteiger partial charge on any atom is 3.00 e. The van der Waals surface area contributed by atoms with Gasteiger partial charge in [0, 0.05) is 0 Å². The second-order valence-electron chi connectivity index (χ2n) is 3.97. The van der Waals surface area contributed by atoms with Crippen LogP contribution < -0.4 is 24.8 Å². The molecule has 91 valence electrons. The van der Waals surface area contributed by atoms with E-state index < -0.39 is 0 Å². The summed E-state index contributed by atoms with van der Waals surface area (Å²) in [6, 6.07) is 10.9. The normalized spacial score (nSPS) is 16.1. The van der Waals surface area contributed by atoms with Gasteiger partial charge in [-0.2, -0.15) is 17.4 Å². The summed E-state index contributed by atoms with van der Waals surface area (Å²) >= 11 is 0. The van der Waals surface area contributed by atoms with E-state index in [1.54, 1.807) is 0 Å². The van der Waals surface area contributed by atoms with Crippen molar-refractivity contribution in [1.29, 1.82) is 0 Å². The third-order valence-electron chi connectivity index (χ3n) is 3.09. The summed E-state index contributed by atoms with van der Waals surface area (Å²) < 4.78 is 0. The van der Waals surface area contributed by atoms with E-state index in [2.05, 4.69) is 54.9 Å². The van der Waals surface area contributed by atoms with E-state index in [0.29, 0.717) is 5.92 Å². The summed E-state index contributed by atoms with van der Waals surface area (Å²) in [5.74, 6) is 6.15. The van der Waals surface area contributed by atoms with Gasteiger partial charge in [0.2, 0.25) is 0 Å². The molecular weight excluding hydrogens is 318 g/mol. The van der Waals surface area contributed by atoms with E-state index >= 15 is 0 Å². The molecule has 0 amide bonds. The summed E-state index contributed by atoms with van der Waals surface area (Å²) in [5.41, 5.74) is 5.55. The largest absolute Gasteiger partial charge is 3.00 e. The topological polar surface area (TPSA) is 0 Å². The van der Waals surface area contributed by atoms with Gasteiger partial charge in [-0.3, -0.25) is 0 Å². The third kappa shape index (κ3) is 3.13. The summed E-state index contributed by atoms with van der Waals surface area (Å²) in [6.07, 6.45) is 2.31. The maximum atomic E-state index is 3.43. The smallest absolute Gasteiger partial charge is 1.00 e. The minimum absolute atomic E-state index is 0. The first-order chi connectivity index (χ1) is 7.36. The first-order valence-electron chi connectivity index (χ1n) is 5.22. The number of benzene rings is 1. The van der Waals surface area contributed by atoms with E-state index in [1.807, 2.05) is 0 Å². The predicted molar refractivity (Wildman–Crippen MR) is 67.5 cm³/mol. The van der Waals surface area contributed by atoms with Crippen molar-refractivity contribution in [2.45, 2.75) is 12.8 Å². The van der Waals surface area contributed by atoms with E-state index in [9.17, 15) is 0 Å². The van der Waals surface area contributed by atoms with Crippen molar-refractivity contribution in [2.24, 2.45) is 0 Å². The third-order valence-corrected chi connectivity index (χ3v) is 3.84. The molecule has 2 atom stereocenters. The van der Waals surface area contributed by atoms with Crippen molar-refractivity contribution in [1.82, 2.24) is 0 Å². The summed E-state index contributed by atoms with van der Waals surface area (Å²) in [6.45, 7) is 2.28. The van der Waals surface area contributed by atoms with Gasteiger partial charge in [0.15, 0.2) is 0 Å². The van der Waals surface area contributed by atoms with Gasteiger partial charge in [-0.25, -0.2) is 8.19 Å². The standard InChI is InChI=1S/C14H12P.2ClH.Ti/c1-10-13-5-3-2-4-11(13)8-14(10)12-6-7-15-9-12;;;/h2-8,10,15H,1H3;2*1H;/q-1;;;+3/p-2. The molecule has 4 heteroatoms. The molecule has 1 aliphatic carbocycles. The Morgan fingerprint density at radius 3 is 2.44 bits per heavy atom. The molecule has 0 spiro atoms. The first-order valence-corrected chi connectivity index (χ1v) is 6.30. The van der Waals surface area contributed by atoms with Crippen molar-refractivity contribution in [3.05, 3.63) is 58.6 Å². The van der Waals surface area contributed by atoms with Gasteiger partial charge in [0.1, 0.15) is 0 Å². The van der Waals surface area contributed by atoms with Crippen LogP contribution in [0.2, 0.25) is 0 Å². The molecule has 1 aromatic heterocycles. The van der Waals surface area contributed by atoms with Gasteiger partial charge < -0.3 is 24.8 Å². The molecule has 1 heterocycles. The molecule has 18 heavy (non-hydrogen) atoms. The Labute approximate surface area is 137 Å². The Bertz CT molecular complexity index is 520. The molecule has 0 fully saturated rings. The second kappa shape index (κ2) is 7.58. The van der Waals surface area contributed by atoms with Gasteiger partial charge in [-0.05, 0) is 17.0 Å². The fourth-order valence-electron chi connectivity index (χ4n) is 2.26. The average Bonchev–Trinajstić information content (AvgIpc) is 2.87. The Morgan fingerprint density at radius 1 is 1.11 bits per heavy atom. The zero-order valence-corrected chi connectivity index (χ0v) is 13.9. The van der Waals surface area contributed by atoms with Crippen molar-refractivity contribution in [3.8, 4) is 0 Å². The van der Waals surface area contributed by atoms with Crippen LogP contribution in [-0.2, 0) is 21.7 Å². The molecule has 1 aromatic carbocycles. The van der Waals surface area contributed by atoms with Crippen molar-refractivity contribution in [2.75, 3.05) is 0 Å². The Morgan fingerprint density at radius 2 is 1.83 bits per heavy atom. The van der Waals surface area contributed by atoms with Crippen LogP contribution >= 0.6 is 8.19 Å². The van der Waals surface area contributed by atoms with E-state index in [0.717, 1.165) is 8.19 Å². The van der Waals surface area contributed by atoms with E-state index in [1.165, 1.54) is 22.3 Å². The number of halogens is 2. The van der Waals surface area contributed by atoms with Crippen LogP contribution in [0.5, 0.6) is 0 Å². The molecule has 0 saturated carbocycles. The van der Waals surface area contributed by atoms with Crippen LogP contribution in [-0.4, -0.2) is 0 Å². The van der Waals surface area contributed by atoms with Gasteiger partial charge >= 0.3 is 21.7 Å². The quantitative estimate of drug-likeness (QED) is 0.427. The molecule has 0 aliphatic heterocycles. The molecular formula is C14H12Cl2PTi. The summed E-state index contributed by atoms with van der Waals surface area (Å²) in [7, 11) is 0.744. The van der Waals surface area contributed by atoms with Gasteiger partial charge in [-0.1, -0.05) is 37.3 Å². The van der Waals surface area contributed by atoms with Crippen LogP contribution in [0.3, 0.4) is 0 Å². The van der Waals surface area contributed by atoms with Gasteiger partial charge in [0.25, 0.3) is 0 Å². The summed E-state index contributed by atoms with van der Waals surface area (Å²) in [4.78, 5) is 0. The number of rotatable bonds is 1. The minimum Gasteiger partial charge on any atom is -1.00 e. The maximum absolute atomic E-state index is 3.43. The molecule has 0 nitrogen and oxygen atoms in total. The molecule has 0 N–H and O–H groups in total. The van der Waals surface area contributed by atoms with Crippen LogP contribution in [0.15, 0.2) is 36.1 Å². The molecule has 1 radical (unpaired) electrons. The zero-order valence-electron chi connectivity index (χ0n) is 9.87. The van der Waals surface area contributed by atoms with Crippen molar-refractivity contribution >= 4 is 19.8 Å². The molecule has 0 saturated heterocycles. The second-order valence-corrected chi connectivity index (χ2v) is 4.84. The molecule has 2 unspecified atom stereocenters. The van der Waals surface area contributed by atoms with Crippen molar-refractivity contribution in [3.63, 3.8) is 0 Å². The van der Waals surface area contributed by atoms with E-state index in [4.69, 9.17) is 0 Å². The molecule has 2 aromatic rings. The number of allylic oxidation sites excluding steroid dienone is 1. The molecule has 3 rings (SSSR count). The monoisotopic (exact) mass is 329 g/mol. The predicted octanol–water partition coefficient (Wildman–Crippen LogP) is -1.82. The first kappa shape index (κ1) is 18.0. The Kier molecular flexibility index (Phi) is 7.60. The van der Waals surface area contributed by atoms with Crippen molar-refractivity contribution < 1.29 is 46.5 Å². The molecule has 0 bridgehead atoms. The minimum atomic E-state index is 0. The average molecular weight is 330 g/mol. The van der Waals surface area contributed by atoms with Crippen LogP contribution in [0, 0.1) is 5.80 Å². The van der Waals surface area contributed by atoms with Crippen LogP contribution in [0.25, 0.3) is 11.6 Å².